The third-order valence-corrected chi connectivity index (χ3v) is 9.44. The van der Waals surface area contributed by atoms with Crippen LogP contribution in [-0.4, -0.2) is 107 Å². The number of hydrogen-bond acceptors (Lipinski definition) is 6. The number of H-pyrrole nitrogens is 1. The molecule has 1 saturated heterocycles. The van der Waals surface area contributed by atoms with Crippen LogP contribution in [0.25, 0.3) is 6.08 Å². The first-order chi connectivity index (χ1) is 25.4. The minimum absolute atomic E-state index is 0.0588. The lowest BCUT2D eigenvalue weighted by Gasteiger charge is -2.36. The second kappa shape index (κ2) is 17.9. The number of benzene rings is 3. The number of carbonyl (C=O) groups is 3. The monoisotopic (exact) mass is 729 g/mol. The van der Waals surface area contributed by atoms with E-state index < -0.39 is 23.7 Å². The van der Waals surface area contributed by atoms with Crippen molar-refractivity contribution in [1.29, 1.82) is 0 Å². The van der Waals surface area contributed by atoms with Crippen LogP contribution in [0.5, 0.6) is 0 Å². The molecule has 3 aromatic carbocycles. The van der Waals surface area contributed by atoms with Crippen molar-refractivity contribution < 1.29 is 27.6 Å². The number of nitrogens with zero attached hydrogens (tertiary/aromatic N) is 6. The molecule has 5 rings (SSSR count). The van der Waals surface area contributed by atoms with Crippen LogP contribution in [0.4, 0.5) is 18.9 Å². The quantitative estimate of drug-likeness (QED) is 0.176. The van der Waals surface area contributed by atoms with E-state index in [-0.39, 0.29) is 24.8 Å². The number of piperazine rings is 1. The Bertz CT molecular complexity index is 1810. The van der Waals surface area contributed by atoms with Gasteiger partial charge in [-0.3, -0.25) is 19.3 Å². The highest BCUT2D eigenvalue weighted by Crippen LogP contribution is 2.29. The molecular formula is C40H46F3N7O3. The van der Waals surface area contributed by atoms with Crippen LogP contribution in [0.3, 0.4) is 0 Å². The first kappa shape index (κ1) is 38.8. The molecule has 3 amide bonds. The van der Waals surface area contributed by atoms with E-state index in [1.807, 2.05) is 66.5 Å². The largest absolute Gasteiger partial charge is 0.416 e. The van der Waals surface area contributed by atoms with Gasteiger partial charge in [0.15, 0.2) is 0 Å². The minimum atomic E-state index is -4.47. The summed E-state index contributed by atoms with van der Waals surface area (Å²) in [6.07, 6.45) is 1.94. The fourth-order valence-corrected chi connectivity index (χ4v) is 6.27. The average molecular weight is 730 g/mol. The molecule has 1 atom stereocenters. The Morgan fingerprint density at radius 1 is 0.868 bits per heavy atom. The van der Waals surface area contributed by atoms with Gasteiger partial charge in [-0.2, -0.15) is 13.2 Å². The molecule has 1 aromatic heterocycles. The summed E-state index contributed by atoms with van der Waals surface area (Å²) in [7, 11) is 3.68. The molecule has 13 heteroatoms. The Balaban J connectivity index is 1.40. The number of aromatic nitrogens is 2. The Kier molecular flexibility index (Phi) is 13.1. The van der Waals surface area contributed by atoms with Gasteiger partial charge in [-0.15, -0.1) is 0 Å². The van der Waals surface area contributed by atoms with E-state index in [1.165, 1.54) is 24.3 Å². The summed E-state index contributed by atoms with van der Waals surface area (Å²) >= 11 is 0. The molecule has 1 aliphatic heterocycles. The zero-order valence-corrected chi connectivity index (χ0v) is 30.3. The Hall–Kier alpha value is -5.43. The van der Waals surface area contributed by atoms with Crippen molar-refractivity contribution in [3.63, 3.8) is 0 Å². The number of hydrogen-bond donors (Lipinski definition) is 1. The van der Waals surface area contributed by atoms with Crippen molar-refractivity contribution in [2.75, 3.05) is 58.3 Å². The van der Waals surface area contributed by atoms with E-state index in [4.69, 9.17) is 0 Å². The number of anilines is 1. The van der Waals surface area contributed by atoms with Gasteiger partial charge in [0, 0.05) is 96.4 Å². The fraction of sp³-hybridized carbons (Fsp3) is 0.350. The number of halogens is 3. The molecule has 10 nitrogen and oxygen atoms in total. The number of amides is 3. The fourth-order valence-electron chi connectivity index (χ4n) is 6.27. The predicted molar refractivity (Wildman–Crippen MR) is 198 cm³/mol. The van der Waals surface area contributed by atoms with Crippen molar-refractivity contribution >= 4 is 29.5 Å². The lowest BCUT2D eigenvalue weighted by Crippen LogP contribution is -2.51. The summed E-state index contributed by atoms with van der Waals surface area (Å²) in [5.74, 6) is -0.628. The minimum Gasteiger partial charge on any atom is -0.368 e. The molecule has 0 bridgehead atoms. The van der Waals surface area contributed by atoms with Gasteiger partial charge in [0.05, 0.1) is 11.9 Å². The zero-order chi connectivity index (χ0) is 38.0. The maximum absolute atomic E-state index is 14.4. The number of imidazole rings is 1. The van der Waals surface area contributed by atoms with E-state index in [1.54, 1.807) is 36.3 Å². The van der Waals surface area contributed by atoms with E-state index in [0.717, 1.165) is 34.6 Å². The Morgan fingerprint density at radius 2 is 1.55 bits per heavy atom. The molecule has 0 aliphatic carbocycles. The van der Waals surface area contributed by atoms with Crippen molar-refractivity contribution in [1.82, 2.24) is 29.6 Å². The smallest absolute Gasteiger partial charge is 0.368 e. The van der Waals surface area contributed by atoms with Gasteiger partial charge in [0.1, 0.15) is 6.04 Å². The van der Waals surface area contributed by atoms with Crippen LogP contribution < -0.4 is 4.90 Å². The third-order valence-electron chi connectivity index (χ3n) is 9.44. The van der Waals surface area contributed by atoms with Crippen LogP contribution in [0.2, 0.25) is 0 Å². The molecule has 4 aromatic rings. The molecule has 1 aliphatic rings. The molecule has 280 valence electrons. The number of rotatable bonds is 14. The third kappa shape index (κ3) is 11.0. The normalized spacial score (nSPS) is 14.1. The van der Waals surface area contributed by atoms with Crippen LogP contribution >= 0.6 is 0 Å². The van der Waals surface area contributed by atoms with Crippen LogP contribution in [-0.2, 0) is 40.1 Å². The molecule has 2 heterocycles. The summed E-state index contributed by atoms with van der Waals surface area (Å²) in [5.41, 5.74) is 3.26. The number of aromatic amines is 1. The molecule has 0 spiro atoms. The molecule has 1 N–H and O–H groups in total. The van der Waals surface area contributed by atoms with Crippen molar-refractivity contribution in [3.05, 3.63) is 125 Å². The van der Waals surface area contributed by atoms with E-state index >= 15 is 0 Å². The van der Waals surface area contributed by atoms with E-state index in [0.29, 0.717) is 51.4 Å². The van der Waals surface area contributed by atoms with Crippen molar-refractivity contribution in [3.8, 4) is 0 Å². The lowest BCUT2D eigenvalue weighted by molar-refractivity contribution is -0.143. The number of alkyl halides is 3. The van der Waals surface area contributed by atoms with Gasteiger partial charge in [-0.05, 0) is 54.1 Å². The van der Waals surface area contributed by atoms with E-state index in [9.17, 15) is 27.6 Å². The Labute approximate surface area is 308 Å². The summed E-state index contributed by atoms with van der Waals surface area (Å²) in [6.45, 7) is 5.98. The zero-order valence-electron chi connectivity index (χ0n) is 30.3. The van der Waals surface area contributed by atoms with Gasteiger partial charge in [0.2, 0.25) is 17.7 Å². The SMILES string of the molecule is CC(=O)N1CCN(c2ccc(CN(C(=O)/C=C/c3ccc(C(F)(F)F)cc3)[C@@H](Cc3ccccc3)C(=O)N(C)CCN(C)Cc3cnc[nH]3)cc2)CC1. The summed E-state index contributed by atoms with van der Waals surface area (Å²) < 4.78 is 39.5. The molecule has 0 saturated carbocycles. The van der Waals surface area contributed by atoms with Crippen LogP contribution in [0.1, 0.15) is 34.9 Å². The highest BCUT2D eigenvalue weighted by atomic mass is 19.4. The molecular weight excluding hydrogens is 683 g/mol. The first-order valence-corrected chi connectivity index (χ1v) is 17.6. The average Bonchev–Trinajstić information content (AvgIpc) is 3.67. The maximum atomic E-state index is 14.4. The Morgan fingerprint density at radius 3 is 2.15 bits per heavy atom. The number of likely N-dealkylation sites (N-methyl/N-ethyl adjacent to an activating group) is 2. The molecule has 53 heavy (non-hydrogen) atoms. The van der Waals surface area contributed by atoms with Gasteiger partial charge in [-0.25, -0.2) is 4.98 Å². The first-order valence-electron chi connectivity index (χ1n) is 17.6. The summed E-state index contributed by atoms with van der Waals surface area (Å²) in [6, 6.07) is 21.0. The molecule has 0 radical (unpaired) electrons. The van der Waals surface area contributed by atoms with Gasteiger partial charge >= 0.3 is 6.18 Å². The second-order valence-corrected chi connectivity index (χ2v) is 13.4. The van der Waals surface area contributed by atoms with Crippen LogP contribution in [0.15, 0.2) is 97.5 Å². The highest BCUT2D eigenvalue weighted by molar-refractivity contribution is 5.95. The standard InChI is InChI=1S/C40H46F3N7O3/c1-30(51)48-21-23-49(24-22-48)36-16-11-33(12-17-36)27-50(38(52)18-13-31-9-14-34(15-10-31)40(41,42)43)37(25-32-7-5-4-6-8-32)39(53)47(3)20-19-46(2)28-35-26-44-29-45-35/h4-18,26,29,37H,19-25,27-28H2,1-3H3,(H,44,45)/b18-13+/t37-/m0/s1. The van der Waals surface area contributed by atoms with Crippen molar-refractivity contribution in [2.45, 2.75) is 38.7 Å². The van der Waals surface area contributed by atoms with Gasteiger partial charge < -0.3 is 24.6 Å². The maximum Gasteiger partial charge on any atom is 0.416 e. The lowest BCUT2D eigenvalue weighted by atomic mass is 10.0. The second-order valence-electron chi connectivity index (χ2n) is 13.4. The number of nitrogens with one attached hydrogen (secondary N) is 1. The van der Waals surface area contributed by atoms with Crippen LogP contribution in [0, 0.1) is 0 Å². The molecule has 1 fully saturated rings. The number of carbonyl (C=O) groups excluding carboxylic acids is 3. The highest BCUT2D eigenvalue weighted by Gasteiger charge is 2.32. The van der Waals surface area contributed by atoms with E-state index in [2.05, 4.69) is 19.8 Å². The van der Waals surface area contributed by atoms with Gasteiger partial charge in [-0.1, -0.05) is 54.6 Å². The van der Waals surface area contributed by atoms with Crippen molar-refractivity contribution in [2.24, 2.45) is 0 Å². The summed E-state index contributed by atoms with van der Waals surface area (Å²) in [4.78, 5) is 56.8. The molecule has 0 unspecified atom stereocenters. The van der Waals surface area contributed by atoms with Gasteiger partial charge in [0.25, 0.3) is 0 Å². The topological polar surface area (TPSA) is 96.1 Å². The predicted octanol–water partition coefficient (Wildman–Crippen LogP) is 5.34. The summed E-state index contributed by atoms with van der Waals surface area (Å²) in [5, 5.41) is 0.